The van der Waals surface area contributed by atoms with Crippen molar-refractivity contribution in [3.63, 3.8) is 0 Å². The van der Waals surface area contributed by atoms with Crippen LogP contribution in [0, 0.1) is 0 Å². The van der Waals surface area contributed by atoms with E-state index in [1.165, 1.54) is 0 Å². The molecule has 0 radical (unpaired) electrons. The molecule has 4 amide bonds. The second kappa shape index (κ2) is 18.5. The fourth-order valence-corrected chi connectivity index (χ4v) is 4.15. The standard InChI is InChI=1S/C28H36Cl2N16O4/c29-17-21(33)43-19(31)15(41-17)25(49)45-27(35)39-11-3-1-9-37-23(47)13-5-7-14(8-6-13)24(48)38-10-2-4-12-40-28(36)46-26(50)16-20(32)44-22(34)18(30)42-16/h5-8H,1-4,9-12H2,(H,37,47)(H,38,48)(H4,31,33,43)(H4,32,34,44)(H3,35,39,45,49)(H3,36,40,46,50). The number of anilines is 4. The fraction of sp³-hybridized carbons (Fsp3) is 0.286. The predicted octanol–water partition coefficient (Wildman–Crippen LogP) is -0.588. The van der Waals surface area contributed by atoms with Gasteiger partial charge in [0.05, 0.1) is 0 Å². The number of nitrogens with one attached hydrogen (secondary N) is 4. The van der Waals surface area contributed by atoms with Crippen LogP contribution in [-0.2, 0) is 0 Å². The van der Waals surface area contributed by atoms with E-state index in [4.69, 9.17) is 57.6 Å². The molecule has 3 rings (SSSR count). The maximum absolute atomic E-state index is 12.5. The van der Waals surface area contributed by atoms with Crippen molar-refractivity contribution in [3.05, 3.63) is 57.1 Å². The van der Waals surface area contributed by atoms with E-state index in [2.05, 4.69) is 51.2 Å². The van der Waals surface area contributed by atoms with Crippen LogP contribution >= 0.6 is 23.2 Å². The Morgan fingerprint density at radius 1 is 0.560 bits per heavy atom. The SMILES string of the molecule is NC(=NCCCCNC(=O)c1ccc(C(=O)NCCCCN=C(N)NC(=O)c2nc(Cl)c(N)nc2N)cc1)NC(=O)c1nc(Cl)c(N)nc1N. The molecule has 1 aromatic carbocycles. The van der Waals surface area contributed by atoms with Gasteiger partial charge < -0.3 is 45.0 Å². The van der Waals surface area contributed by atoms with Crippen molar-refractivity contribution >= 4 is 82.0 Å². The van der Waals surface area contributed by atoms with E-state index >= 15 is 0 Å². The summed E-state index contributed by atoms with van der Waals surface area (Å²) in [6, 6.07) is 6.19. The molecule has 0 spiro atoms. The molecule has 16 N–H and O–H groups in total. The Balaban J connectivity index is 1.29. The number of hydrogen-bond acceptors (Lipinski definition) is 14. The number of benzene rings is 1. The number of halogens is 2. The van der Waals surface area contributed by atoms with Crippen LogP contribution in [0.2, 0.25) is 10.3 Å². The van der Waals surface area contributed by atoms with Crippen LogP contribution in [0.3, 0.4) is 0 Å². The van der Waals surface area contributed by atoms with Crippen LogP contribution in [0.4, 0.5) is 23.3 Å². The number of nitrogens with zero attached hydrogens (tertiary/aromatic N) is 6. The number of carbonyl (C=O) groups is 4. The van der Waals surface area contributed by atoms with E-state index in [1.807, 2.05) is 0 Å². The van der Waals surface area contributed by atoms with Crippen molar-refractivity contribution in [2.24, 2.45) is 21.5 Å². The van der Waals surface area contributed by atoms with Gasteiger partial charge in [0.15, 0.2) is 56.9 Å². The Labute approximate surface area is 295 Å². The Hall–Kier alpha value is -6.02. The zero-order valence-electron chi connectivity index (χ0n) is 26.5. The summed E-state index contributed by atoms with van der Waals surface area (Å²) in [7, 11) is 0. The summed E-state index contributed by atoms with van der Waals surface area (Å²) < 4.78 is 0. The van der Waals surface area contributed by atoms with E-state index in [9.17, 15) is 19.2 Å². The molecule has 0 bridgehead atoms. The summed E-state index contributed by atoms with van der Waals surface area (Å²) in [4.78, 5) is 72.6. The van der Waals surface area contributed by atoms with Gasteiger partial charge in [-0.1, -0.05) is 23.2 Å². The van der Waals surface area contributed by atoms with Crippen molar-refractivity contribution < 1.29 is 19.2 Å². The van der Waals surface area contributed by atoms with Gasteiger partial charge in [-0.3, -0.25) is 39.8 Å². The third-order valence-electron chi connectivity index (χ3n) is 6.44. The number of carbonyl (C=O) groups excluding carboxylic acids is 4. The smallest absolute Gasteiger partial charge is 0.280 e. The van der Waals surface area contributed by atoms with E-state index in [-0.39, 0.29) is 81.8 Å². The summed E-state index contributed by atoms with van der Waals surface area (Å²) in [6.45, 7) is 1.29. The Morgan fingerprint density at radius 2 is 0.920 bits per heavy atom. The molecule has 22 heteroatoms. The summed E-state index contributed by atoms with van der Waals surface area (Å²) in [5, 5.41) is 9.91. The second-order valence-electron chi connectivity index (χ2n) is 10.2. The van der Waals surface area contributed by atoms with Crippen LogP contribution in [0.25, 0.3) is 0 Å². The van der Waals surface area contributed by atoms with Gasteiger partial charge in [-0.2, -0.15) is 0 Å². The number of unbranched alkanes of at least 4 members (excludes halogenated alkanes) is 2. The second-order valence-corrected chi connectivity index (χ2v) is 10.9. The van der Waals surface area contributed by atoms with Gasteiger partial charge in [0.25, 0.3) is 23.6 Å². The van der Waals surface area contributed by atoms with Gasteiger partial charge in [-0.05, 0) is 49.9 Å². The number of rotatable bonds is 14. The summed E-state index contributed by atoms with van der Waals surface area (Å²) in [5.74, 6) is -3.04. The molecule has 0 unspecified atom stereocenters. The minimum atomic E-state index is -0.742. The van der Waals surface area contributed by atoms with Crippen LogP contribution in [-0.4, -0.2) is 81.7 Å². The Bertz CT molecular complexity index is 1660. The largest absolute Gasteiger partial charge is 0.382 e. The molecule has 20 nitrogen and oxygen atoms in total. The van der Waals surface area contributed by atoms with Crippen molar-refractivity contribution in [1.29, 1.82) is 0 Å². The highest BCUT2D eigenvalue weighted by atomic mass is 35.5. The lowest BCUT2D eigenvalue weighted by atomic mass is 10.1. The number of nitrogens with two attached hydrogens (primary N) is 6. The summed E-state index contributed by atoms with van der Waals surface area (Å²) in [5.41, 5.74) is 34.0. The van der Waals surface area contributed by atoms with Crippen molar-refractivity contribution in [3.8, 4) is 0 Å². The lowest BCUT2D eigenvalue weighted by Crippen LogP contribution is -2.38. The molecule has 0 aliphatic carbocycles. The van der Waals surface area contributed by atoms with E-state index in [1.54, 1.807) is 24.3 Å². The average Bonchev–Trinajstić information content (AvgIpc) is 3.07. The van der Waals surface area contributed by atoms with Gasteiger partial charge in [0, 0.05) is 37.3 Å². The van der Waals surface area contributed by atoms with E-state index < -0.39 is 11.8 Å². The molecule has 2 heterocycles. The van der Waals surface area contributed by atoms with Crippen molar-refractivity contribution in [2.45, 2.75) is 25.7 Å². The van der Waals surface area contributed by atoms with Crippen LogP contribution in [0.15, 0.2) is 34.3 Å². The summed E-state index contributed by atoms with van der Waals surface area (Å²) in [6.07, 6.45) is 2.29. The molecule has 3 aromatic rings. The minimum Gasteiger partial charge on any atom is -0.382 e. The zero-order valence-corrected chi connectivity index (χ0v) is 28.0. The topological polar surface area (TPSA) is 349 Å². The number of aromatic nitrogens is 4. The molecule has 0 aliphatic rings. The molecule has 0 saturated carbocycles. The number of aliphatic imine (C=N–C) groups is 2. The van der Waals surface area contributed by atoms with Gasteiger partial charge >= 0.3 is 0 Å². The molecule has 2 aromatic heterocycles. The van der Waals surface area contributed by atoms with Gasteiger partial charge in [-0.25, -0.2) is 19.9 Å². The van der Waals surface area contributed by atoms with Crippen molar-refractivity contribution in [1.82, 2.24) is 41.2 Å². The van der Waals surface area contributed by atoms with Gasteiger partial charge in [0.2, 0.25) is 0 Å². The Morgan fingerprint density at radius 3 is 1.28 bits per heavy atom. The van der Waals surface area contributed by atoms with Gasteiger partial charge in [0.1, 0.15) is 0 Å². The van der Waals surface area contributed by atoms with Crippen LogP contribution < -0.4 is 55.7 Å². The first-order valence-electron chi connectivity index (χ1n) is 14.8. The predicted molar refractivity (Wildman–Crippen MR) is 189 cm³/mol. The maximum Gasteiger partial charge on any atom is 0.280 e. The molecule has 0 saturated heterocycles. The molecule has 0 fully saturated rings. The van der Waals surface area contributed by atoms with Gasteiger partial charge in [-0.15, -0.1) is 0 Å². The number of amides is 4. The first kappa shape index (κ1) is 38.4. The van der Waals surface area contributed by atoms with Crippen LogP contribution in [0.1, 0.15) is 67.4 Å². The molecule has 50 heavy (non-hydrogen) atoms. The molecule has 266 valence electrons. The number of nitrogen functional groups attached to an aromatic ring is 4. The highest BCUT2D eigenvalue weighted by Gasteiger charge is 2.18. The van der Waals surface area contributed by atoms with Crippen LogP contribution in [0.5, 0.6) is 0 Å². The third kappa shape index (κ3) is 11.6. The first-order valence-corrected chi connectivity index (χ1v) is 15.6. The van der Waals surface area contributed by atoms with E-state index in [0.29, 0.717) is 49.9 Å². The molecular weight excluding hydrogens is 695 g/mol. The lowest BCUT2D eigenvalue weighted by Gasteiger charge is -2.08. The Kier molecular flexibility index (Phi) is 14.2. The molecule has 0 aliphatic heterocycles. The van der Waals surface area contributed by atoms with E-state index in [0.717, 1.165) is 0 Å². The zero-order chi connectivity index (χ0) is 36.8. The molecule has 0 atom stereocenters. The maximum atomic E-state index is 12.5. The van der Waals surface area contributed by atoms with Crippen molar-refractivity contribution in [2.75, 3.05) is 49.1 Å². The molecular formula is C28H36Cl2N16O4. The average molecular weight is 732 g/mol. The first-order chi connectivity index (χ1) is 23.8. The normalized spacial score (nSPS) is 11.5. The minimum absolute atomic E-state index is 0.108. The highest BCUT2D eigenvalue weighted by molar-refractivity contribution is 6.32. The summed E-state index contributed by atoms with van der Waals surface area (Å²) >= 11 is 11.6. The fourth-order valence-electron chi connectivity index (χ4n) is 3.90. The highest BCUT2D eigenvalue weighted by Crippen LogP contribution is 2.18. The monoisotopic (exact) mass is 730 g/mol. The lowest BCUT2D eigenvalue weighted by molar-refractivity contribution is 0.0941. The third-order valence-corrected chi connectivity index (χ3v) is 6.99. The quantitative estimate of drug-likeness (QED) is 0.0563. The number of guanidine groups is 2. The number of hydrogen-bond donors (Lipinski definition) is 10.